The average molecular weight is 348 g/mol. The molecule has 1 atom stereocenters. The van der Waals surface area contributed by atoms with Gasteiger partial charge >= 0.3 is 0 Å². The van der Waals surface area contributed by atoms with Gasteiger partial charge in [-0.3, -0.25) is 0 Å². The van der Waals surface area contributed by atoms with E-state index in [0.717, 1.165) is 28.1 Å². The molecule has 0 aliphatic heterocycles. The zero-order valence-electron chi connectivity index (χ0n) is 12.5. The van der Waals surface area contributed by atoms with Crippen molar-refractivity contribution in [3.63, 3.8) is 0 Å². The van der Waals surface area contributed by atoms with Crippen LogP contribution in [-0.4, -0.2) is 16.2 Å². The standard InChI is InChI=1S/C16H17N3S3/c1-9-6-7-10-13(8-9)22-15(17-10)19-16-18-14-11(20-2)4-3-5-12(14)21-16/h3-5,9H,6-8H2,1-2H3,(H,17,18,19)/t9-/m1/s1. The minimum absolute atomic E-state index is 0.785. The van der Waals surface area contributed by atoms with Crippen LogP contribution in [-0.2, 0) is 12.8 Å². The highest BCUT2D eigenvalue weighted by atomic mass is 32.2. The molecular weight excluding hydrogens is 330 g/mol. The summed E-state index contributed by atoms with van der Waals surface area (Å²) in [4.78, 5) is 12.2. The number of rotatable bonds is 3. The molecule has 114 valence electrons. The Morgan fingerprint density at radius 1 is 1.23 bits per heavy atom. The summed E-state index contributed by atoms with van der Waals surface area (Å²) >= 11 is 5.24. The number of hydrogen-bond acceptors (Lipinski definition) is 6. The number of hydrogen-bond donors (Lipinski definition) is 1. The van der Waals surface area contributed by atoms with Gasteiger partial charge in [-0.1, -0.05) is 24.3 Å². The summed E-state index contributed by atoms with van der Waals surface area (Å²) in [7, 11) is 0. The number of aryl methyl sites for hydroxylation is 1. The Morgan fingerprint density at radius 3 is 2.95 bits per heavy atom. The van der Waals surface area contributed by atoms with Gasteiger partial charge in [0.15, 0.2) is 10.3 Å². The number of nitrogens with one attached hydrogen (secondary N) is 1. The average Bonchev–Trinajstić information content (AvgIpc) is 3.09. The molecule has 0 saturated carbocycles. The maximum atomic E-state index is 4.76. The number of aromatic nitrogens is 2. The molecule has 0 saturated heterocycles. The highest BCUT2D eigenvalue weighted by Gasteiger charge is 2.20. The zero-order chi connectivity index (χ0) is 15.1. The summed E-state index contributed by atoms with van der Waals surface area (Å²) in [5, 5.41) is 5.35. The van der Waals surface area contributed by atoms with E-state index in [0.29, 0.717) is 0 Å². The van der Waals surface area contributed by atoms with Gasteiger partial charge < -0.3 is 5.32 Å². The van der Waals surface area contributed by atoms with Gasteiger partial charge in [0.1, 0.15) is 0 Å². The Bertz CT molecular complexity index is 821. The van der Waals surface area contributed by atoms with Crippen LogP contribution in [0.4, 0.5) is 10.3 Å². The SMILES string of the molecule is CSc1cccc2sc(Nc3nc4c(s3)C[C@H](C)CC4)nc12. The second-order valence-electron chi connectivity index (χ2n) is 5.69. The smallest absolute Gasteiger partial charge is 0.190 e. The maximum absolute atomic E-state index is 4.76. The molecule has 0 spiro atoms. The van der Waals surface area contributed by atoms with Crippen LogP contribution >= 0.6 is 34.4 Å². The van der Waals surface area contributed by atoms with Crippen molar-refractivity contribution in [3.8, 4) is 0 Å². The van der Waals surface area contributed by atoms with Crippen LogP contribution in [0.5, 0.6) is 0 Å². The Balaban J connectivity index is 1.64. The monoisotopic (exact) mass is 347 g/mol. The molecule has 2 heterocycles. The first-order chi connectivity index (χ1) is 10.7. The van der Waals surface area contributed by atoms with Crippen molar-refractivity contribution >= 4 is 54.9 Å². The summed E-state index contributed by atoms with van der Waals surface area (Å²) < 4.78 is 1.23. The van der Waals surface area contributed by atoms with Gasteiger partial charge in [-0.2, -0.15) is 0 Å². The molecule has 0 radical (unpaired) electrons. The number of fused-ring (bicyclic) bond motifs is 2. The summed E-state index contributed by atoms with van der Waals surface area (Å²) in [6, 6.07) is 6.35. The van der Waals surface area contributed by atoms with Crippen molar-refractivity contribution in [2.45, 2.75) is 31.1 Å². The third-order valence-electron chi connectivity index (χ3n) is 4.00. The van der Waals surface area contributed by atoms with Crippen LogP contribution in [0.15, 0.2) is 23.1 Å². The van der Waals surface area contributed by atoms with E-state index in [-0.39, 0.29) is 0 Å². The van der Waals surface area contributed by atoms with E-state index < -0.39 is 0 Å². The van der Waals surface area contributed by atoms with Crippen molar-refractivity contribution in [1.29, 1.82) is 0 Å². The predicted octanol–water partition coefficient (Wildman–Crippen LogP) is 5.34. The third-order valence-corrected chi connectivity index (χ3v) is 6.74. The van der Waals surface area contributed by atoms with E-state index in [4.69, 9.17) is 9.97 Å². The first kappa shape index (κ1) is 14.5. The molecule has 1 N–H and O–H groups in total. The van der Waals surface area contributed by atoms with Gasteiger partial charge in [-0.25, -0.2) is 9.97 Å². The predicted molar refractivity (Wildman–Crippen MR) is 98.0 cm³/mol. The molecule has 22 heavy (non-hydrogen) atoms. The first-order valence-electron chi connectivity index (χ1n) is 7.42. The Labute approximate surface area is 142 Å². The van der Waals surface area contributed by atoms with Crippen molar-refractivity contribution < 1.29 is 0 Å². The fourth-order valence-corrected chi connectivity index (χ4v) is 5.58. The Morgan fingerprint density at radius 2 is 2.09 bits per heavy atom. The Hall–Kier alpha value is -1.11. The molecule has 0 bridgehead atoms. The normalized spacial score (nSPS) is 17.6. The lowest BCUT2D eigenvalue weighted by Crippen LogP contribution is -2.09. The van der Waals surface area contributed by atoms with Gasteiger partial charge in [-0.05, 0) is 43.6 Å². The molecule has 1 aromatic carbocycles. The molecule has 0 fully saturated rings. The van der Waals surface area contributed by atoms with Crippen molar-refractivity contribution in [3.05, 3.63) is 28.8 Å². The molecular formula is C16H17N3S3. The number of thioether (sulfide) groups is 1. The molecule has 4 rings (SSSR count). The van der Waals surface area contributed by atoms with Crippen molar-refractivity contribution in [2.24, 2.45) is 5.92 Å². The zero-order valence-corrected chi connectivity index (χ0v) is 15.0. The third kappa shape index (κ3) is 2.64. The summed E-state index contributed by atoms with van der Waals surface area (Å²) in [5.41, 5.74) is 2.38. The molecule has 1 aliphatic rings. The van der Waals surface area contributed by atoms with Crippen molar-refractivity contribution in [1.82, 2.24) is 9.97 Å². The minimum Gasteiger partial charge on any atom is -0.307 e. The van der Waals surface area contributed by atoms with Crippen LogP contribution in [0.1, 0.15) is 23.9 Å². The van der Waals surface area contributed by atoms with E-state index in [9.17, 15) is 0 Å². The molecule has 2 aromatic heterocycles. The van der Waals surface area contributed by atoms with Crippen LogP contribution < -0.4 is 5.32 Å². The fraction of sp³-hybridized carbons (Fsp3) is 0.375. The fourth-order valence-electron chi connectivity index (χ4n) is 2.83. The molecule has 0 amide bonds. The van der Waals surface area contributed by atoms with Gasteiger partial charge in [0.05, 0.1) is 15.9 Å². The van der Waals surface area contributed by atoms with E-state index in [2.05, 4.69) is 36.7 Å². The minimum atomic E-state index is 0.785. The molecule has 1 aliphatic carbocycles. The van der Waals surface area contributed by atoms with Crippen molar-refractivity contribution in [2.75, 3.05) is 11.6 Å². The topological polar surface area (TPSA) is 37.8 Å². The highest BCUT2D eigenvalue weighted by Crippen LogP contribution is 2.36. The molecule has 6 heteroatoms. The number of thiazole rings is 2. The lowest BCUT2D eigenvalue weighted by molar-refractivity contribution is 0.502. The van der Waals surface area contributed by atoms with Gasteiger partial charge in [0, 0.05) is 9.77 Å². The van der Waals surface area contributed by atoms with Crippen LogP contribution in [0, 0.1) is 5.92 Å². The molecule has 3 aromatic rings. The van der Waals surface area contributed by atoms with E-state index in [1.165, 1.54) is 33.0 Å². The first-order valence-corrected chi connectivity index (χ1v) is 10.3. The van der Waals surface area contributed by atoms with Crippen LogP contribution in [0.2, 0.25) is 0 Å². The summed E-state index contributed by atoms with van der Waals surface area (Å²) in [6.45, 7) is 2.33. The van der Waals surface area contributed by atoms with Gasteiger partial charge in [0.25, 0.3) is 0 Å². The number of nitrogens with zero attached hydrogens (tertiary/aromatic N) is 2. The van der Waals surface area contributed by atoms with Crippen LogP contribution in [0.3, 0.4) is 0 Å². The van der Waals surface area contributed by atoms with Gasteiger partial charge in [0.2, 0.25) is 0 Å². The van der Waals surface area contributed by atoms with E-state index >= 15 is 0 Å². The lowest BCUT2D eigenvalue weighted by atomic mass is 9.93. The number of anilines is 2. The van der Waals surface area contributed by atoms with Crippen LogP contribution in [0.25, 0.3) is 10.2 Å². The maximum Gasteiger partial charge on any atom is 0.190 e. The largest absolute Gasteiger partial charge is 0.307 e. The Kier molecular flexibility index (Phi) is 3.84. The quantitative estimate of drug-likeness (QED) is 0.649. The highest BCUT2D eigenvalue weighted by molar-refractivity contribution is 7.98. The second kappa shape index (κ2) is 5.83. The van der Waals surface area contributed by atoms with E-state index in [1.54, 1.807) is 34.4 Å². The summed E-state index contributed by atoms with van der Waals surface area (Å²) in [5.74, 6) is 0.785. The molecule has 0 unspecified atom stereocenters. The van der Waals surface area contributed by atoms with E-state index in [1.807, 2.05) is 0 Å². The molecule has 3 nitrogen and oxygen atoms in total. The number of benzene rings is 1. The second-order valence-corrected chi connectivity index (χ2v) is 8.65. The number of para-hydroxylation sites is 1. The summed E-state index contributed by atoms with van der Waals surface area (Å²) in [6.07, 6.45) is 5.64. The lowest BCUT2D eigenvalue weighted by Gasteiger charge is -2.15. The van der Waals surface area contributed by atoms with Gasteiger partial charge in [-0.15, -0.1) is 23.1 Å².